The van der Waals surface area contributed by atoms with Crippen LogP contribution in [0, 0.1) is 0 Å². The number of ether oxygens (including phenoxy) is 3. The molecule has 0 radical (unpaired) electrons. The normalized spacial score (nSPS) is 19.4. The summed E-state index contributed by atoms with van der Waals surface area (Å²) in [6, 6.07) is 15.1. The first-order valence-corrected chi connectivity index (χ1v) is 12.2. The van der Waals surface area contributed by atoms with Gasteiger partial charge in [-0.05, 0) is 48.9 Å². The van der Waals surface area contributed by atoms with Crippen molar-refractivity contribution in [2.75, 3.05) is 13.7 Å². The van der Waals surface area contributed by atoms with Crippen molar-refractivity contribution >= 4 is 17.7 Å². The van der Waals surface area contributed by atoms with E-state index in [1.54, 1.807) is 18.2 Å². The molecular weight excluding hydrogens is 458 g/mol. The van der Waals surface area contributed by atoms with Crippen LogP contribution in [0.15, 0.2) is 71.1 Å². The second-order valence-corrected chi connectivity index (χ2v) is 9.07. The Bertz CT molecular complexity index is 1240. The summed E-state index contributed by atoms with van der Waals surface area (Å²) in [7, 11) is 1.48. The minimum absolute atomic E-state index is 0.0149. The molecule has 0 unspecified atom stereocenters. The highest BCUT2D eigenvalue weighted by molar-refractivity contribution is 6.04. The van der Waals surface area contributed by atoms with E-state index in [9.17, 15) is 14.4 Å². The number of allylic oxidation sites excluding steroid dienone is 3. The number of hydrogen-bond acceptors (Lipinski definition) is 7. The van der Waals surface area contributed by atoms with Crippen molar-refractivity contribution in [2.45, 2.75) is 51.9 Å². The van der Waals surface area contributed by atoms with Crippen LogP contribution in [0.4, 0.5) is 0 Å². The maximum Gasteiger partial charge on any atom is 0.336 e. The Kier molecular flexibility index (Phi) is 7.58. The van der Waals surface area contributed by atoms with Crippen molar-refractivity contribution in [3.63, 3.8) is 0 Å². The number of methoxy groups -OCH3 is 1. The Balaban J connectivity index is 1.81. The molecule has 2 aromatic carbocycles. The van der Waals surface area contributed by atoms with Gasteiger partial charge in [0, 0.05) is 36.2 Å². The van der Waals surface area contributed by atoms with Crippen LogP contribution in [0.1, 0.15) is 63.0 Å². The highest BCUT2D eigenvalue weighted by atomic mass is 16.6. The third-order valence-electron chi connectivity index (χ3n) is 6.53. The fourth-order valence-corrected chi connectivity index (χ4v) is 4.98. The average Bonchev–Trinajstić information content (AvgIpc) is 2.86. The van der Waals surface area contributed by atoms with Gasteiger partial charge in [0.2, 0.25) is 0 Å². The minimum atomic E-state index is -0.630. The molecule has 0 amide bonds. The zero-order valence-electron chi connectivity index (χ0n) is 21.1. The molecule has 0 spiro atoms. The van der Waals surface area contributed by atoms with Gasteiger partial charge >= 0.3 is 11.9 Å². The standard InChI is InChI=1S/C29H31NO6/c1-5-13-35-29(33)26-17(2)30-22-14-21(19-9-7-6-8-10-19)15-23(32)28(22)27(26)20-11-12-24(36-18(3)31)25(16-20)34-4/h6-12,16,21,27,30H,5,13-15H2,1-4H3/t21-,27+/m0/s1. The van der Waals surface area contributed by atoms with E-state index in [2.05, 4.69) is 5.32 Å². The lowest BCUT2D eigenvalue weighted by Crippen LogP contribution is -2.36. The molecular formula is C29H31NO6. The zero-order chi connectivity index (χ0) is 25.8. The van der Waals surface area contributed by atoms with Crippen molar-refractivity contribution in [3.05, 3.63) is 82.2 Å². The molecule has 188 valence electrons. The van der Waals surface area contributed by atoms with Gasteiger partial charge in [-0.3, -0.25) is 9.59 Å². The lowest BCUT2D eigenvalue weighted by molar-refractivity contribution is -0.139. The van der Waals surface area contributed by atoms with Gasteiger partial charge in [0.05, 0.1) is 19.3 Å². The number of ketones is 1. The summed E-state index contributed by atoms with van der Waals surface area (Å²) in [5.74, 6) is -0.914. The molecule has 1 aliphatic heterocycles. The number of benzene rings is 2. The Morgan fingerprint density at radius 1 is 1.03 bits per heavy atom. The number of Topliss-reactive ketones (excluding diaryl/α,β-unsaturated/α-hetero) is 1. The number of nitrogens with one attached hydrogen (secondary N) is 1. The minimum Gasteiger partial charge on any atom is -0.493 e. The van der Waals surface area contributed by atoms with E-state index in [1.165, 1.54) is 14.0 Å². The van der Waals surface area contributed by atoms with E-state index in [0.29, 0.717) is 47.4 Å². The number of esters is 2. The van der Waals surface area contributed by atoms with Gasteiger partial charge in [-0.25, -0.2) is 4.79 Å². The molecule has 1 aliphatic carbocycles. The molecule has 0 aromatic heterocycles. The first-order valence-electron chi connectivity index (χ1n) is 12.2. The summed E-state index contributed by atoms with van der Waals surface area (Å²) < 4.78 is 16.3. The van der Waals surface area contributed by atoms with Gasteiger partial charge in [0.15, 0.2) is 17.3 Å². The smallest absolute Gasteiger partial charge is 0.336 e. The summed E-state index contributed by atoms with van der Waals surface area (Å²) >= 11 is 0. The van der Waals surface area contributed by atoms with Crippen LogP contribution in [0.2, 0.25) is 0 Å². The summed E-state index contributed by atoms with van der Waals surface area (Å²) in [4.78, 5) is 38.4. The lowest BCUT2D eigenvalue weighted by atomic mass is 9.71. The molecule has 1 N–H and O–H groups in total. The number of carbonyl (C=O) groups is 3. The van der Waals surface area contributed by atoms with Gasteiger partial charge in [-0.15, -0.1) is 0 Å². The van der Waals surface area contributed by atoms with Gasteiger partial charge in [0.25, 0.3) is 0 Å². The molecule has 36 heavy (non-hydrogen) atoms. The van der Waals surface area contributed by atoms with Gasteiger partial charge in [-0.1, -0.05) is 43.3 Å². The van der Waals surface area contributed by atoms with E-state index in [0.717, 1.165) is 11.3 Å². The molecule has 1 heterocycles. The summed E-state index contributed by atoms with van der Waals surface area (Å²) in [6.45, 7) is 5.36. The van der Waals surface area contributed by atoms with Crippen LogP contribution < -0.4 is 14.8 Å². The maximum atomic E-state index is 13.7. The molecule has 7 heteroatoms. The second kappa shape index (κ2) is 10.8. The predicted octanol–water partition coefficient (Wildman–Crippen LogP) is 4.94. The fourth-order valence-electron chi connectivity index (χ4n) is 4.98. The van der Waals surface area contributed by atoms with Crippen molar-refractivity contribution in [1.82, 2.24) is 5.32 Å². The number of carbonyl (C=O) groups excluding carboxylic acids is 3. The number of dihydropyridines is 1. The summed E-state index contributed by atoms with van der Waals surface area (Å²) in [5, 5.41) is 3.36. The van der Waals surface area contributed by atoms with Crippen molar-refractivity contribution < 1.29 is 28.6 Å². The van der Waals surface area contributed by atoms with E-state index >= 15 is 0 Å². The lowest BCUT2D eigenvalue weighted by Gasteiger charge is -2.36. The van der Waals surface area contributed by atoms with Crippen LogP contribution in [0.3, 0.4) is 0 Å². The van der Waals surface area contributed by atoms with Gasteiger partial charge in [0.1, 0.15) is 0 Å². The Morgan fingerprint density at radius 3 is 2.44 bits per heavy atom. The largest absolute Gasteiger partial charge is 0.493 e. The molecule has 7 nitrogen and oxygen atoms in total. The maximum absolute atomic E-state index is 13.7. The molecule has 0 fully saturated rings. The number of rotatable bonds is 7. The van der Waals surface area contributed by atoms with Crippen LogP contribution in [0.5, 0.6) is 11.5 Å². The van der Waals surface area contributed by atoms with Crippen LogP contribution in [0.25, 0.3) is 0 Å². The van der Waals surface area contributed by atoms with Gasteiger partial charge in [-0.2, -0.15) is 0 Å². The van der Waals surface area contributed by atoms with Crippen LogP contribution in [-0.4, -0.2) is 31.4 Å². The van der Waals surface area contributed by atoms with E-state index in [-0.39, 0.29) is 24.1 Å². The quantitative estimate of drug-likeness (QED) is 0.435. The third kappa shape index (κ3) is 5.05. The van der Waals surface area contributed by atoms with Crippen LogP contribution in [-0.2, 0) is 19.1 Å². The zero-order valence-corrected chi connectivity index (χ0v) is 21.1. The first kappa shape index (κ1) is 25.2. The molecule has 2 aliphatic rings. The third-order valence-corrected chi connectivity index (χ3v) is 6.53. The monoisotopic (exact) mass is 489 g/mol. The fraction of sp³-hybridized carbons (Fsp3) is 0.345. The summed E-state index contributed by atoms with van der Waals surface area (Å²) in [5.41, 5.74) is 4.24. The van der Waals surface area contributed by atoms with E-state index in [4.69, 9.17) is 14.2 Å². The molecule has 4 rings (SSSR count). The molecule has 0 saturated heterocycles. The van der Waals surface area contributed by atoms with Crippen molar-refractivity contribution in [2.24, 2.45) is 0 Å². The topological polar surface area (TPSA) is 90.9 Å². The first-order chi connectivity index (χ1) is 17.3. The van der Waals surface area contributed by atoms with Crippen LogP contribution >= 0.6 is 0 Å². The molecule has 0 saturated carbocycles. The Hall–Kier alpha value is -3.87. The highest BCUT2D eigenvalue weighted by Gasteiger charge is 2.41. The predicted molar refractivity (Wildman–Crippen MR) is 135 cm³/mol. The van der Waals surface area contributed by atoms with Gasteiger partial charge < -0.3 is 19.5 Å². The molecule has 2 atom stereocenters. The van der Waals surface area contributed by atoms with E-state index in [1.807, 2.05) is 44.2 Å². The summed E-state index contributed by atoms with van der Waals surface area (Å²) in [6.07, 6.45) is 1.69. The Morgan fingerprint density at radius 2 is 1.78 bits per heavy atom. The van der Waals surface area contributed by atoms with Crippen molar-refractivity contribution in [1.29, 1.82) is 0 Å². The molecule has 0 bridgehead atoms. The van der Waals surface area contributed by atoms with Crippen molar-refractivity contribution in [3.8, 4) is 11.5 Å². The molecule has 2 aromatic rings. The average molecular weight is 490 g/mol. The highest BCUT2D eigenvalue weighted by Crippen LogP contribution is 2.47. The Labute approximate surface area is 211 Å². The number of hydrogen-bond donors (Lipinski definition) is 1. The second-order valence-electron chi connectivity index (χ2n) is 9.07. The SMILES string of the molecule is CCCOC(=O)C1=C(C)NC2=C(C(=O)C[C@@H](c3ccccc3)C2)[C@@H]1c1ccc(OC(C)=O)c(OC)c1. The van der Waals surface area contributed by atoms with E-state index < -0.39 is 17.9 Å².